The van der Waals surface area contributed by atoms with E-state index < -0.39 is 30.2 Å². The Morgan fingerprint density at radius 1 is 0.970 bits per heavy atom. The normalized spacial score (nSPS) is 17.7. The van der Waals surface area contributed by atoms with Crippen LogP contribution in [0.25, 0.3) is 0 Å². The molecule has 0 fully saturated rings. The maximum atomic E-state index is 9.70. The summed E-state index contributed by atoms with van der Waals surface area (Å²) in [6.07, 6.45) is 0. The van der Waals surface area contributed by atoms with Crippen molar-refractivity contribution >= 4 is 30.3 Å². The van der Waals surface area contributed by atoms with Gasteiger partial charge in [-0.05, 0) is 6.92 Å². The van der Waals surface area contributed by atoms with E-state index in [1.807, 2.05) is 25.9 Å². The van der Waals surface area contributed by atoms with Crippen molar-refractivity contribution in [3.63, 3.8) is 0 Å². The van der Waals surface area contributed by atoms with E-state index in [0.29, 0.717) is 17.3 Å². The molecule has 0 saturated carbocycles. The topological polar surface area (TPSA) is 157 Å². The van der Waals surface area contributed by atoms with Gasteiger partial charge in [-0.3, -0.25) is 4.52 Å². The Balaban J connectivity index is -0.000000146. The Labute approximate surface area is 215 Å². The third-order valence-corrected chi connectivity index (χ3v) is 19.2. The quantitative estimate of drug-likeness (QED) is 0.188. The second-order valence-electron chi connectivity index (χ2n) is 8.01. The van der Waals surface area contributed by atoms with Crippen LogP contribution in [0, 0.1) is 44.6 Å². The summed E-state index contributed by atoms with van der Waals surface area (Å²) in [5.41, 5.74) is 0. The maximum Gasteiger partial charge on any atom is 0 e. The molecule has 1 aliphatic heterocycles. The number of hydrogen-bond donors (Lipinski definition) is 0. The Morgan fingerprint density at radius 3 is 1.52 bits per heavy atom. The Morgan fingerprint density at radius 2 is 1.30 bits per heavy atom. The van der Waals surface area contributed by atoms with E-state index in [-0.39, 0.29) is 21.1 Å². The first-order valence-corrected chi connectivity index (χ1v) is 17.1. The van der Waals surface area contributed by atoms with E-state index >= 15 is 0 Å². The van der Waals surface area contributed by atoms with Gasteiger partial charge in [0.15, 0.2) is 14.1 Å². The molecular formula is C19H30N3O7PSi2W. The van der Waals surface area contributed by atoms with Gasteiger partial charge < -0.3 is 9.64 Å². The number of nitrogens with zero attached hydrogens (tertiary/aromatic N) is 3. The molecule has 1 heterocycles. The summed E-state index contributed by atoms with van der Waals surface area (Å²) < 4.78 is 54.3. The predicted octanol–water partition coefficient (Wildman–Crippen LogP) is 3.48. The Kier molecular flexibility index (Phi) is 33.5. The third-order valence-electron chi connectivity index (χ3n) is 3.49. The van der Waals surface area contributed by atoms with Crippen molar-refractivity contribution in [1.29, 1.82) is 5.26 Å². The number of nitriles is 1. The molecule has 1 rings (SSSR count). The van der Waals surface area contributed by atoms with Crippen molar-refractivity contribution < 1.29 is 53.6 Å². The summed E-state index contributed by atoms with van der Waals surface area (Å²) in [7, 11) is -0.203. The molecule has 0 saturated heterocycles. The van der Waals surface area contributed by atoms with Crippen molar-refractivity contribution in [3.8, 4) is 6.07 Å². The fraction of sp³-hybridized carbons (Fsp3) is 0.632. The molecule has 0 spiro atoms. The molecule has 0 amide bonds. The summed E-state index contributed by atoms with van der Waals surface area (Å²) in [6.45, 7) is 39.1. The van der Waals surface area contributed by atoms with Crippen LogP contribution >= 0.6 is 8.30 Å². The average molecular weight is 683 g/mol. The van der Waals surface area contributed by atoms with Crippen LogP contribution in [0.4, 0.5) is 0 Å². The van der Waals surface area contributed by atoms with E-state index in [4.69, 9.17) is 37.3 Å². The fourth-order valence-corrected chi connectivity index (χ4v) is 20.8. The van der Waals surface area contributed by atoms with Crippen LogP contribution in [0.5, 0.6) is 0 Å². The third kappa shape index (κ3) is 15.6. The van der Waals surface area contributed by atoms with Crippen molar-refractivity contribution in [2.24, 2.45) is 4.76 Å². The van der Waals surface area contributed by atoms with Gasteiger partial charge in [0.05, 0.1) is 16.1 Å². The molecule has 182 valence electrons. The van der Waals surface area contributed by atoms with Crippen LogP contribution in [0.15, 0.2) is 4.76 Å². The molecule has 14 heteroatoms. The molecule has 2 atom stereocenters. The standard InChI is InChI=1S/C14H30N3O2PSi2.5CO.W/c1-10-18-14(11-15)12(17(2)3)16-20(19-14)13(21(4,5)6)22(7,8)9;5*1-2;/h13H,10H2,1-9H3;;;;;;. The van der Waals surface area contributed by atoms with Crippen molar-refractivity contribution in [3.05, 3.63) is 33.3 Å². The maximum absolute atomic E-state index is 9.70. The second kappa shape index (κ2) is 24.3. The first-order chi connectivity index (χ1) is 14.9. The zero-order valence-corrected chi connectivity index (χ0v) is 26.2. The van der Waals surface area contributed by atoms with E-state index in [1.165, 1.54) is 0 Å². The largest absolute Gasteiger partial charge is 0 e. The van der Waals surface area contributed by atoms with Gasteiger partial charge in [0.2, 0.25) is 0 Å². The summed E-state index contributed by atoms with van der Waals surface area (Å²) in [4.78, 5) is 2.34. The molecule has 0 bridgehead atoms. The molecular weight excluding hydrogens is 653 g/mol. The molecule has 0 N–H and O–H groups in total. The molecule has 0 radical (unpaired) electrons. The minimum atomic E-state index is -1.47. The Bertz CT molecular complexity index is 644. The van der Waals surface area contributed by atoms with Gasteiger partial charge in [0, 0.05) is 46.7 Å². The molecule has 33 heavy (non-hydrogen) atoms. The SMILES string of the molecule is CCOC1(C#N)OP(C([Si](C)(C)C)[Si](C)(C)C)N=C1N(C)C.[C-]#[O+].[C-]#[O+].[C-]#[O+].[C-]#[O+].[C-]#[O+].[W]. The minimum Gasteiger partial charge on any atom is 0 e. The van der Waals surface area contributed by atoms with Gasteiger partial charge in [0.1, 0.15) is 6.07 Å². The van der Waals surface area contributed by atoms with Gasteiger partial charge in [-0.1, -0.05) is 39.3 Å². The number of hydrogen-bond acceptors (Lipinski definition) is 5. The molecule has 2 unspecified atom stereocenters. The smallest absolute Gasteiger partial charge is 0 e. The monoisotopic (exact) mass is 683 g/mol. The first-order valence-electron chi connectivity index (χ1n) is 8.71. The van der Waals surface area contributed by atoms with E-state index in [2.05, 4.69) is 78.6 Å². The van der Waals surface area contributed by atoms with Crippen LogP contribution < -0.4 is 0 Å². The predicted molar refractivity (Wildman–Crippen MR) is 119 cm³/mol. The molecule has 10 nitrogen and oxygen atoms in total. The van der Waals surface area contributed by atoms with Crippen LogP contribution in [0.2, 0.25) is 39.3 Å². The van der Waals surface area contributed by atoms with E-state index in [0.717, 1.165) is 0 Å². The molecule has 0 aromatic rings. The van der Waals surface area contributed by atoms with Crippen LogP contribution in [-0.4, -0.2) is 58.3 Å². The van der Waals surface area contributed by atoms with Gasteiger partial charge in [-0.15, -0.1) is 0 Å². The second-order valence-corrected chi connectivity index (χ2v) is 21.7. The average Bonchev–Trinajstić information content (AvgIpc) is 3.12. The number of rotatable bonds is 5. The van der Waals surface area contributed by atoms with Crippen molar-refractivity contribution in [2.75, 3.05) is 20.7 Å². The first kappa shape index (κ1) is 45.6. The summed E-state index contributed by atoms with van der Waals surface area (Å²) in [5.74, 6) is -0.717. The zero-order valence-electron chi connectivity index (χ0n) is 20.3. The van der Waals surface area contributed by atoms with Gasteiger partial charge in [-0.25, -0.2) is 4.76 Å². The summed E-state index contributed by atoms with van der Waals surface area (Å²) >= 11 is 0. The summed E-state index contributed by atoms with van der Waals surface area (Å²) in [5, 5.41) is 9.70. The van der Waals surface area contributed by atoms with E-state index in [9.17, 15) is 5.26 Å². The van der Waals surface area contributed by atoms with Crippen LogP contribution in [-0.2, 0) is 53.6 Å². The fourth-order valence-electron chi connectivity index (χ4n) is 3.20. The van der Waals surface area contributed by atoms with Crippen LogP contribution in [0.3, 0.4) is 0 Å². The minimum absolute atomic E-state index is 0. The van der Waals surface area contributed by atoms with Crippen LogP contribution in [0.1, 0.15) is 6.92 Å². The molecule has 0 aliphatic carbocycles. The molecule has 0 aromatic heterocycles. The molecule has 1 aliphatic rings. The molecule has 0 aromatic carbocycles. The van der Waals surface area contributed by atoms with Crippen molar-refractivity contribution in [1.82, 2.24) is 4.90 Å². The number of amidine groups is 1. The van der Waals surface area contributed by atoms with Gasteiger partial charge in [0.25, 0.3) is 0 Å². The van der Waals surface area contributed by atoms with Gasteiger partial charge >= 0.3 is 62.3 Å². The Hall–Kier alpha value is -0.868. The summed E-state index contributed by atoms with van der Waals surface area (Å²) in [6, 6.07) is 2.23. The van der Waals surface area contributed by atoms with E-state index in [1.54, 1.807) is 0 Å². The zero-order chi connectivity index (χ0) is 27.3. The number of likely N-dealkylation sites (N-methyl/N-ethyl adjacent to an activating group) is 1. The number of ether oxygens (including phenoxy) is 1. The van der Waals surface area contributed by atoms with Gasteiger partial charge in [-0.2, -0.15) is 5.26 Å². The van der Waals surface area contributed by atoms with Crippen molar-refractivity contribution in [2.45, 2.75) is 56.9 Å².